The normalized spacial score (nSPS) is 15.8. The Hall–Kier alpha value is -4.29. The molecule has 0 aliphatic carbocycles. The molecule has 1 saturated heterocycles. The highest BCUT2D eigenvalue weighted by atomic mass is 19.4. The van der Waals surface area contributed by atoms with Crippen LogP contribution in [0.4, 0.5) is 26.3 Å². The summed E-state index contributed by atoms with van der Waals surface area (Å²) in [6.45, 7) is 4.78. The van der Waals surface area contributed by atoms with E-state index in [9.17, 15) is 31.1 Å². The largest absolute Gasteiger partial charge is 0.490 e. The lowest BCUT2D eigenvalue weighted by molar-refractivity contribution is -0.193. The highest BCUT2D eigenvalue weighted by Crippen LogP contribution is 2.25. The number of carboxylic acid groups (broad SMARTS) is 2. The van der Waals surface area contributed by atoms with Gasteiger partial charge in [0.05, 0.1) is 18.2 Å². The van der Waals surface area contributed by atoms with Crippen LogP contribution in [0, 0.1) is 0 Å². The van der Waals surface area contributed by atoms with Crippen molar-refractivity contribution in [1.29, 1.82) is 0 Å². The molecule has 1 amide bonds. The number of rotatable bonds is 7. The summed E-state index contributed by atoms with van der Waals surface area (Å²) in [4.78, 5) is 37.1. The average molecular weight is 651 g/mol. The van der Waals surface area contributed by atoms with Crippen molar-refractivity contribution in [2.45, 2.75) is 24.9 Å². The molecular formula is C27H32F6N6O6. The topological polar surface area (TPSA) is 141 Å². The number of likely N-dealkylation sites (N-methyl/N-ethyl adjacent to an activating group) is 2. The van der Waals surface area contributed by atoms with Crippen molar-refractivity contribution < 1.29 is 55.7 Å². The number of benzene rings is 1. The van der Waals surface area contributed by atoms with Crippen molar-refractivity contribution >= 4 is 23.5 Å². The number of carboxylic acids is 2. The first-order valence-corrected chi connectivity index (χ1v) is 13.1. The van der Waals surface area contributed by atoms with Crippen LogP contribution < -0.4 is 0 Å². The first kappa shape index (κ1) is 36.9. The van der Waals surface area contributed by atoms with Crippen LogP contribution in [0.25, 0.3) is 5.65 Å². The van der Waals surface area contributed by atoms with Gasteiger partial charge in [-0.05, 0) is 24.7 Å². The van der Waals surface area contributed by atoms with Gasteiger partial charge in [0.2, 0.25) is 0 Å². The van der Waals surface area contributed by atoms with Crippen molar-refractivity contribution in [3.05, 3.63) is 65.6 Å². The summed E-state index contributed by atoms with van der Waals surface area (Å²) in [6, 6.07) is 14.3. The third kappa shape index (κ3) is 11.3. The van der Waals surface area contributed by atoms with Crippen molar-refractivity contribution in [1.82, 2.24) is 29.3 Å². The van der Waals surface area contributed by atoms with Crippen LogP contribution in [-0.4, -0.2) is 124 Å². The minimum Gasteiger partial charge on any atom is -0.475 e. The molecule has 1 unspecified atom stereocenters. The van der Waals surface area contributed by atoms with Crippen LogP contribution in [0.1, 0.15) is 27.8 Å². The Bertz CT molecular complexity index is 1390. The fourth-order valence-electron chi connectivity index (χ4n) is 4.01. The second kappa shape index (κ2) is 16.1. The summed E-state index contributed by atoms with van der Waals surface area (Å²) < 4.78 is 70.5. The van der Waals surface area contributed by atoms with E-state index >= 15 is 0 Å². The van der Waals surface area contributed by atoms with Gasteiger partial charge in [-0.15, -0.1) is 10.2 Å². The number of fused-ring (bicyclic) bond motifs is 1. The molecule has 45 heavy (non-hydrogen) atoms. The molecule has 0 saturated carbocycles. The molecule has 4 rings (SSSR count). The predicted molar refractivity (Wildman–Crippen MR) is 146 cm³/mol. The summed E-state index contributed by atoms with van der Waals surface area (Å²) in [5.41, 5.74) is 2.68. The molecule has 18 heteroatoms. The quantitative estimate of drug-likeness (QED) is 0.367. The molecule has 1 aromatic carbocycles. The van der Waals surface area contributed by atoms with Gasteiger partial charge in [-0.2, -0.15) is 26.3 Å². The van der Waals surface area contributed by atoms with Gasteiger partial charge < -0.3 is 19.8 Å². The summed E-state index contributed by atoms with van der Waals surface area (Å²) in [5, 5.41) is 23.1. The monoisotopic (exact) mass is 650 g/mol. The maximum atomic E-state index is 12.8. The molecule has 2 aromatic heterocycles. The van der Waals surface area contributed by atoms with Gasteiger partial charge in [0.25, 0.3) is 5.91 Å². The van der Waals surface area contributed by atoms with E-state index < -0.39 is 24.3 Å². The maximum absolute atomic E-state index is 12.8. The number of aromatic nitrogens is 3. The lowest BCUT2D eigenvalue weighted by atomic mass is 10.1. The van der Waals surface area contributed by atoms with Crippen LogP contribution in [0.5, 0.6) is 0 Å². The van der Waals surface area contributed by atoms with Crippen molar-refractivity contribution in [3.63, 3.8) is 0 Å². The number of pyridine rings is 1. The van der Waals surface area contributed by atoms with Crippen LogP contribution in [0.15, 0.2) is 48.7 Å². The van der Waals surface area contributed by atoms with Gasteiger partial charge in [0, 0.05) is 53.1 Å². The van der Waals surface area contributed by atoms with E-state index in [0.29, 0.717) is 18.7 Å². The molecule has 2 N–H and O–H groups in total. The maximum Gasteiger partial charge on any atom is 0.490 e. The number of methoxy groups -OCH3 is 1. The highest BCUT2D eigenvalue weighted by molar-refractivity contribution is 5.94. The van der Waals surface area contributed by atoms with E-state index in [0.717, 1.165) is 37.7 Å². The Morgan fingerprint density at radius 3 is 2.07 bits per heavy atom. The predicted octanol–water partition coefficient (Wildman–Crippen LogP) is 3.20. The molecule has 3 aromatic rings. The molecule has 0 radical (unpaired) electrons. The van der Waals surface area contributed by atoms with Crippen LogP contribution in [0.2, 0.25) is 0 Å². The highest BCUT2D eigenvalue weighted by Gasteiger charge is 2.39. The number of hydrogen-bond acceptors (Lipinski definition) is 8. The molecule has 3 heterocycles. The Kier molecular flexibility index (Phi) is 13.2. The van der Waals surface area contributed by atoms with Crippen LogP contribution in [-0.2, 0) is 20.9 Å². The van der Waals surface area contributed by atoms with Gasteiger partial charge in [0.15, 0.2) is 11.5 Å². The number of alkyl halides is 6. The average Bonchev–Trinajstić information content (AvgIpc) is 3.40. The number of carbonyl (C=O) groups is 3. The van der Waals surface area contributed by atoms with E-state index in [-0.39, 0.29) is 11.9 Å². The van der Waals surface area contributed by atoms with Gasteiger partial charge in [0.1, 0.15) is 0 Å². The summed E-state index contributed by atoms with van der Waals surface area (Å²) in [5.74, 6) is -4.69. The minimum atomic E-state index is -5.08. The van der Waals surface area contributed by atoms with Crippen molar-refractivity contribution in [3.8, 4) is 0 Å². The van der Waals surface area contributed by atoms with Crippen molar-refractivity contribution in [2.75, 3.05) is 54.0 Å². The Morgan fingerprint density at radius 2 is 1.53 bits per heavy atom. The SMILES string of the molecule is COCCN(C)C(=O)c1ccc2nnc(C3CN(Cc4ccccc4)CCN3C)n2c1.O=C(O)C(F)(F)F.O=C(O)C(F)(F)F. The smallest absolute Gasteiger partial charge is 0.475 e. The van der Waals surface area contributed by atoms with Gasteiger partial charge in [-0.1, -0.05) is 30.3 Å². The number of aliphatic carboxylic acids is 2. The number of hydrogen-bond donors (Lipinski definition) is 2. The Morgan fingerprint density at radius 1 is 0.956 bits per heavy atom. The third-order valence-corrected chi connectivity index (χ3v) is 6.42. The second-order valence-corrected chi connectivity index (χ2v) is 9.75. The van der Waals surface area contributed by atoms with Gasteiger partial charge >= 0.3 is 24.3 Å². The zero-order valence-corrected chi connectivity index (χ0v) is 24.4. The second-order valence-electron chi connectivity index (χ2n) is 9.75. The number of carbonyl (C=O) groups excluding carboxylic acids is 1. The van der Waals surface area contributed by atoms with Crippen LogP contribution in [0.3, 0.4) is 0 Å². The van der Waals surface area contributed by atoms with Crippen LogP contribution >= 0.6 is 0 Å². The number of halogens is 6. The van der Waals surface area contributed by atoms with Gasteiger partial charge in [-0.25, -0.2) is 9.59 Å². The summed E-state index contributed by atoms with van der Waals surface area (Å²) in [7, 11) is 5.55. The first-order valence-electron chi connectivity index (χ1n) is 13.1. The number of amides is 1. The minimum absolute atomic E-state index is 0.0405. The molecule has 1 aliphatic rings. The fourth-order valence-corrected chi connectivity index (χ4v) is 4.01. The molecule has 0 spiro atoms. The van der Waals surface area contributed by atoms with E-state index in [1.165, 1.54) is 5.56 Å². The number of piperazine rings is 1. The summed E-state index contributed by atoms with van der Waals surface area (Å²) >= 11 is 0. The Labute approximate surface area is 253 Å². The molecule has 1 atom stereocenters. The van der Waals surface area contributed by atoms with E-state index in [1.54, 1.807) is 19.1 Å². The zero-order chi connectivity index (χ0) is 33.9. The first-order chi connectivity index (χ1) is 20.9. The molecule has 12 nitrogen and oxygen atoms in total. The molecule has 248 valence electrons. The number of ether oxygens (including phenoxy) is 1. The lowest BCUT2D eigenvalue weighted by Gasteiger charge is -2.38. The van der Waals surface area contributed by atoms with E-state index in [4.69, 9.17) is 24.5 Å². The zero-order valence-electron chi connectivity index (χ0n) is 24.4. The molecule has 1 fully saturated rings. The lowest BCUT2D eigenvalue weighted by Crippen LogP contribution is -2.46. The number of nitrogens with zero attached hydrogens (tertiary/aromatic N) is 6. The van der Waals surface area contributed by atoms with E-state index in [1.807, 2.05) is 28.8 Å². The molecule has 1 aliphatic heterocycles. The van der Waals surface area contributed by atoms with Gasteiger partial charge in [-0.3, -0.25) is 19.0 Å². The van der Waals surface area contributed by atoms with Crippen molar-refractivity contribution in [2.24, 2.45) is 0 Å². The molecule has 0 bridgehead atoms. The third-order valence-electron chi connectivity index (χ3n) is 6.42. The van der Waals surface area contributed by atoms with E-state index in [2.05, 4.69) is 51.3 Å². The Balaban J connectivity index is 0.000000421. The summed E-state index contributed by atoms with van der Waals surface area (Å²) in [6.07, 6.45) is -8.31. The molecular weight excluding hydrogens is 618 g/mol. The standard InChI is InChI=1S/C23H30N6O2.2C2HF3O2/c1-26-11-12-28(15-18-7-5-4-6-8-18)17-20(26)22-25-24-21-10-9-19(16-29(21)22)23(30)27(2)13-14-31-3;2*3-2(4,5)1(6)7/h4-10,16,20H,11-15,17H2,1-3H3;2*(H,6,7). The fraction of sp³-hybridized carbons (Fsp3) is 0.444.